The van der Waals surface area contributed by atoms with Gasteiger partial charge in [0.05, 0.1) is 5.57 Å². The average Bonchev–Trinajstić information content (AvgIpc) is 1.97. The molecule has 0 aliphatic heterocycles. The minimum Gasteiger partial charge on any atom is -0.478 e. The second-order valence-electron chi connectivity index (χ2n) is 4.14. The maximum atomic E-state index is 10.7. The Morgan fingerprint density at radius 1 is 1.38 bits per heavy atom. The van der Waals surface area contributed by atoms with Gasteiger partial charge in [0.15, 0.2) is 0 Å². The Hall–Kier alpha value is -0.990. The molecule has 0 aliphatic rings. The average molecular weight is 185 g/mol. The molecule has 0 spiro atoms. The molecule has 76 valence electrons. The van der Waals surface area contributed by atoms with E-state index in [1.807, 2.05) is 27.7 Å². The molecule has 13 heavy (non-hydrogen) atoms. The first-order valence-corrected chi connectivity index (χ1v) is 4.49. The third kappa shape index (κ3) is 4.55. The number of rotatable bonds is 3. The van der Waals surface area contributed by atoms with Crippen molar-refractivity contribution < 1.29 is 9.90 Å². The van der Waals surface area contributed by atoms with Gasteiger partial charge in [0.2, 0.25) is 0 Å². The zero-order chi connectivity index (χ0) is 10.6. The number of aliphatic carboxylic acids is 1. The van der Waals surface area contributed by atoms with E-state index in [1.165, 1.54) is 0 Å². The van der Waals surface area contributed by atoms with Crippen molar-refractivity contribution in [3.63, 3.8) is 0 Å². The van der Waals surface area contributed by atoms with Crippen LogP contribution >= 0.6 is 0 Å². The van der Waals surface area contributed by atoms with Crippen molar-refractivity contribution >= 4 is 5.97 Å². The summed E-state index contributed by atoms with van der Waals surface area (Å²) in [5.41, 5.74) is 1.12. The lowest BCUT2D eigenvalue weighted by atomic mass is 10.1. The molecular weight excluding hydrogens is 166 g/mol. The lowest BCUT2D eigenvalue weighted by molar-refractivity contribution is -0.132. The summed E-state index contributed by atoms with van der Waals surface area (Å²) in [4.78, 5) is 10.7. The van der Waals surface area contributed by atoms with Gasteiger partial charge in [-0.1, -0.05) is 6.92 Å². The van der Waals surface area contributed by atoms with Crippen LogP contribution in [-0.4, -0.2) is 16.6 Å². The van der Waals surface area contributed by atoms with Crippen LogP contribution < -0.4 is 5.32 Å². The summed E-state index contributed by atoms with van der Waals surface area (Å²) in [5.74, 6) is -0.853. The van der Waals surface area contributed by atoms with Gasteiger partial charge in [0.25, 0.3) is 0 Å². The van der Waals surface area contributed by atoms with Crippen molar-refractivity contribution in [3.05, 3.63) is 11.3 Å². The summed E-state index contributed by atoms with van der Waals surface area (Å²) in [6.07, 6.45) is 0.718. The first-order valence-electron chi connectivity index (χ1n) is 4.49. The van der Waals surface area contributed by atoms with E-state index in [0.29, 0.717) is 5.57 Å². The van der Waals surface area contributed by atoms with Crippen molar-refractivity contribution in [1.82, 2.24) is 5.32 Å². The van der Waals surface area contributed by atoms with Gasteiger partial charge in [-0.05, 0) is 34.1 Å². The van der Waals surface area contributed by atoms with Crippen LogP contribution in [0.1, 0.15) is 41.0 Å². The van der Waals surface area contributed by atoms with Crippen LogP contribution in [0.5, 0.6) is 0 Å². The van der Waals surface area contributed by atoms with E-state index < -0.39 is 5.97 Å². The Balaban J connectivity index is 4.70. The van der Waals surface area contributed by atoms with Crippen LogP contribution in [0, 0.1) is 0 Å². The van der Waals surface area contributed by atoms with E-state index in [4.69, 9.17) is 5.11 Å². The van der Waals surface area contributed by atoms with Gasteiger partial charge in [-0.2, -0.15) is 0 Å². The molecule has 0 aliphatic carbocycles. The molecule has 0 aromatic rings. The van der Waals surface area contributed by atoms with Gasteiger partial charge in [-0.25, -0.2) is 4.79 Å². The van der Waals surface area contributed by atoms with Crippen molar-refractivity contribution in [2.45, 2.75) is 46.6 Å². The van der Waals surface area contributed by atoms with Gasteiger partial charge in [-0.3, -0.25) is 0 Å². The lowest BCUT2D eigenvalue weighted by Gasteiger charge is -2.24. The number of hydrogen-bond donors (Lipinski definition) is 2. The monoisotopic (exact) mass is 185 g/mol. The lowest BCUT2D eigenvalue weighted by Crippen LogP contribution is -2.36. The van der Waals surface area contributed by atoms with Crippen molar-refractivity contribution in [2.75, 3.05) is 0 Å². The van der Waals surface area contributed by atoms with E-state index in [1.54, 1.807) is 6.92 Å². The quantitative estimate of drug-likeness (QED) is 0.662. The van der Waals surface area contributed by atoms with Crippen molar-refractivity contribution in [2.24, 2.45) is 0 Å². The fourth-order valence-electron chi connectivity index (χ4n) is 1.03. The molecule has 0 amide bonds. The Labute approximate surface area is 79.8 Å². The number of nitrogens with one attached hydrogen (secondary N) is 1. The minimum absolute atomic E-state index is 0.0813. The van der Waals surface area contributed by atoms with Gasteiger partial charge in [0, 0.05) is 11.2 Å². The normalized spacial score (nSPS) is 13.6. The molecule has 0 heterocycles. The zero-order valence-corrected chi connectivity index (χ0v) is 9.06. The van der Waals surface area contributed by atoms with Crippen molar-refractivity contribution in [3.8, 4) is 0 Å². The van der Waals surface area contributed by atoms with E-state index in [0.717, 1.165) is 12.1 Å². The molecule has 0 unspecified atom stereocenters. The fraction of sp³-hybridized carbons (Fsp3) is 0.700. The summed E-state index contributed by atoms with van der Waals surface area (Å²) >= 11 is 0. The SMILES string of the molecule is CCC(NC(C)(C)C)=C(C)C(=O)O. The van der Waals surface area contributed by atoms with E-state index >= 15 is 0 Å². The molecule has 0 aromatic heterocycles. The molecular formula is C10H19NO2. The van der Waals surface area contributed by atoms with Gasteiger partial charge in [0.1, 0.15) is 0 Å². The third-order valence-corrected chi connectivity index (χ3v) is 1.65. The Morgan fingerprint density at radius 2 is 1.85 bits per heavy atom. The number of carboxylic acids is 1. The van der Waals surface area contributed by atoms with Gasteiger partial charge >= 0.3 is 5.97 Å². The maximum absolute atomic E-state index is 10.7. The molecule has 0 saturated heterocycles. The standard InChI is InChI=1S/C10H19NO2/c1-6-8(7(2)9(12)13)11-10(3,4)5/h11H,6H2,1-5H3,(H,12,13). The summed E-state index contributed by atoms with van der Waals surface area (Å²) < 4.78 is 0. The van der Waals surface area contributed by atoms with E-state index in [-0.39, 0.29) is 5.54 Å². The van der Waals surface area contributed by atoms with Crippen LogP contribution in [0.25, 0.3) is 0 Å². The molecule has 0 bridgehead atoms. The summed E-state index contributed by atoms with van der Waals surface area (Å²) in [7, 11) is 0. The van der Waals surface area contributed by atoms with Crippen LogP contribution in [0.15, 0.2) is 11.3 Å². The highest BCUT2D eigenvalue weighted by molar-refractivity contribution is 5.86. The van der Waals surface area contributed by atoms with Gasteiger partial charge in [-0.15, -0.1) is 0 Å². The Morgan fingerprint density at radius 3 is 2.08 bits per heavy atom. The van der Waals surface area contributed by atoms with E-state index in [2.05, 4.69) is 5.32 Å². The van der Waals surface area contributed by atoms with Gasteiger partial charge < -0.3 is 10.4 Å². The van der Waals surface area contributed by atoms with E-state index in [9.17, 15) is 4.79 Å². The molecule has 0 atom stereocenters. The number of carbonyl (C=O) groups is 1. The number of hydrogen-bond acceptors (Lipinski definition) is 2. The molecule has 2 N–H and O–H groups in total. The molecule has 0 rings (SSSR count). The summed E-state index contributed by atoms with van der Waals surface area (Å²) in [5, 5.41) is 12.0. The first kappa shape index (κ1) is 12.0. The molecule has 0 fully saturated rings. The predicted octanol–water partition coefficient (Wildman–Crippen LogP) is 2.14. The van der Waals surface area contributed by atoms with Crippen LogP contribution in [0.4, 0.5) is 0 Å². The first-order chi connectivity index (χ1) is 5.78. The highest BCUT2D eigenvalue weighted by Gasteiger charge is 2.14. The fourth-order valence-corrected chi connectivity index (χ4v) is 1.03. The highest BCUT2D eigenvalue weighted by atomic mass is 16.4. The summed E-state index contributed by atoms with van der Waals surface area (Å²) in [6, 6.07) is 0. The highest BCUT2D eigenvalue weighted by Crippen LogP contribution is 2.11. The second kappa shape index (κ2) is 4.30. The maximum Gasteiger partial charge on any atom is 0.333 e. The molecule has 3 heteroatoms. The summed E-state index contributed by atoms with van der Waals surface area (Å²) in [6.45, 7) is 9.60. The molecule has 0 radical (unpaired) electrons. The largest absolute Gasteiger partial charge is 0.478 e. The molecule has 0 saturated carbocycles. The van der Waals surface area contributed by atoms with Crippen LogP contribution in [0.3, 0.4) is 0 Å². The minimum atomic E-state index is -0.853. The Kier molecular flexibility index (Phi) is 3.98. The molecule has 3 nitrogen and oxygen atoms in total. The second-order valence-corrected chi connectivity index (χ2v) is 4.14. The predicted molar refractivity (Wildman–Crippen MR) is 53.5 cm³/mol. The van der Waals surface area contributed by atoms with Crippen molar-refractivity contribution in [1.29, 1.82) is 0 Å². The number of allylic oxidation sites excluding steroid dienone is 1. The third-order valence-electron chi connectivity index (χ3n) is 1.65. The smallest absolute Gasteiger partial charge is 0.333 e. The zero-order valence-electron chi connectivity index (χ0n) is 9.06. The topological polar surface area (TPSA) is 49.3 Å². The van der Waals surface area contributed by atoms with Crippen LogP contribution in [-0.2, 0) is 4.79 Å². The van der Waals surface area contributed by atoms with Crippen LogP contribution in [0.2, 0.25) is 0 Å². The molecule has 0 aromatic carbocycles. The number of carboxylic acid groups (broad SMARTS) is 1. The Bertz CT molecular complexity index is 224.